The van der Waals surface area contributed by atoms with Gasteiger partial charge < -0.3 is 4.74 Å². The van der Waals surface area contributed by atoms with E-state index in [4.69, 9.17) is 0 Å². The van der Waals surface area contributed by atoms with E-state index >= 15 is 0 Å². The number of hydrogen-bond acceptors (Lipinski definition) is 3. The maximum atomic E-state index is 11.4. The molecule has 13 heavy (non-hydrogen) atoms. The number of Topliss-reactive ketones (excluding diaryl/α,β-unsaturated/α-hetero) is 1. The van der Waals surface area contributed by atoms with Crippen molar-refractivity contribution in [1.29, 1.82) is 0 Å². The van der Waals surface area contributed by atoms with Crippen molar-refractivity contribution in [3.8, 4) is 0 Å². The highest BCUT2D eigenvalue weighted by atomic mass is 16.5. The van der Waals surface area contributed by atoms with E-state index in [0.717, 1.165) is 0 Å². The third-order valence-electron chi connectivity index (χ3n) is 2.42. The van der Waals surface area contributed by atoms with Crippen LogP contribution < -0.4 is 0 Å². The highest BCUT2D eigenvalue weighted by Crippen LogP contribution is 2.28. The summed E-state index contributed by atoms with van der Waals surface area (Å²) in [5, 5.41) is 0. The van der Waals surface area contributed by atoms with E-state index in [1.165, 1.54) is 7.11 Å². The summed E-state index contributed by atoms with van der Waals surface area (Å²) in [7, 11) is 1.20. The number of methoxy groups -OCH3 is 1. The van der Waals surface area contributed by atoms with Crippen molar-refractivity contribution in [2.75, 3.05) is 7.11 Å². The third kappa shape index (κ3) is 2.68. The highest BCUT2D eigenvalue weighted by molar-refractivity contribution is 6.34. The van der Waals surface area contributed by atoms with Gasteiger partial charge in [0.05, 0.1) is 7.11 Å². The minimum atomic E-state index is -0.789. The van der Waals surface area contributed by atoms with E-state index in [1.807, 2.05) is 13.8 Å². The average molecular weight is 184 g/mol. The molecule has 0 radical (unpaired) electrons. The predicted molar refractivity (Wildman–Crippen MR) is 50.2 cm³/mol. The number of rotatable bonds is 4. The zero-order chi connectivity index (χ0) is 10.6. The van der Waals surface area contributed by atoms with Crippen molar-refractivity contribution in [3.05, 3.63) is 12.7 Å². The molecule has 0 aliphatic carbocycles. The van der Waals surface area contributed by atoms with Crippen LogP contribution in [0.4, 0.5) is 0 Å². The number of carbonyl (C=O) groups is 2. The lowest BCUT2D eigenvalue weighted by Gasteiger charge is -2.25. The van der Waals surface area contributed by atoms with Gasteiger partial charge in [-0.25, -0.2) is 4.79 Å². The van der Waals surface area contributed by atoms with Crippen molar-refractivity contribution in [2.24, 2.45) is 11.3 Å². The first-order valence-electron chi connectivity index (χ1n) is 4.12. The lowest BCUT2D eigenvalue weighted by Crippen LogP contribution is -2.32. The highest BCUT2D eigenvalue weighted by Gasteiger charge is 2.32. The topological polar surface area (TPSA) is 43.4 Å². The molecule has 0 aliphatic heterocycles. The quantitative estimate of drug-likeness (QED) is 0.378. The van der Waals surface area contributed by atoms with Crippen LogP contribution in [-0.4, -0.2) is 18.9 Å². The number of hydrogen-bond donors (Lipinski definition) is 0. The molecule has 1 atom stereocenters. The van der Waals surface area contributed by atoms with E-state index in [0.29, 0.717) is 0 Å². The van der Waals surface area contributed by atoms with Gasteiger partial charge in [0, 0.05) is 5.92 Å². The van der Waals surface area contributed by atoms with Crippen LogP contribution in [-0.2, 0) is 14.3 Å². The molecule has 0 rings (SSSR count). The van der Waals surface area contributed by atoms with Crippen molar-refractivity contribution in [1.82, 2.24) is 0 Å². The van der Waals surface area contributed by atoms with Crippen LogP contribution in [0, 0.1) is 11.3 Å². The molecule has 0 saturated carbocycles. The Labute approximate surface area is 78.8 Å². The zero-order valence-corrected chi connectivity index (χ0v) is 8.59. The van der Waals surface area contributed by atoms with E-state index in [9.17, 15) is 9.59 Å². The Morgan fingerprint density at radius 2 is 1.92 bits per heavy atom. The lowest BCUT2D eigenvalue weighted by molar-refractivity contribution is -0.154. The molecule has 0 aromatic rings. The summed E-state index contributed by atoms with van der Waals surface area (Å²) in [4.78, 5) is 22.3. The largest absolute Gasteiger partial charge is 0.463 e. The SMILES string of the molecule is C=CC(C)(C)C(C)C(=O)C(=O)OC. The molecule has 74 valence electrons. The fourth-order valence-electron chi connectivity index (χ4n) is 0.792. The molecule has 0 amide bonds. The van der Waals surface area contributed by atoms with Gasteiger partial charge in [0.15, 0.2) is 0 Å². The van der Waals surface area contributed by atoms with E-state index in [-0.39, 0.29) is 5.41 Å². The van der Waals surface area contributed by atoms with Crippen molar-refractivity contribution < 1.29 is 14.3 Å². The van der Waals surface area contributed by atoms with Gasteiger partial charge >= 0.3 is 5.97 Å². The number of ether oxygens (including phenoxy) is 1. The fraction of sp³-hybridized carbons (Fsp3) is 0.600. The van der Waals surface area contributed by atoms with E-state index < -0.39 is 17.7 Å². The van der Waals surface area contributed by atoms with Gasteiger partial charge in [0.2, 0.25) is 5.78 Å². The molecule has 0 fully saturated rings. The van der Waals surface area contributed by atoms with Gasteiger partial charge in [0.1, 0.15) is 0 Å². The van der Waals surface area contributed by atoms with Crippen LogP contribution in [0.25, 0.3) is 0 Å². The summed E-state index contributed by atoms with van der Waals surface area (Å²) < 4.78 is 4.35. The predicted octanol–water partition coefficient (Wildman–Crippen LogP) is 1.58. The minimum Gasteiger partial charge on any atom is -0.463 e. The van der Waals surface area contributed by atoms with Crippen LogP contribution in [0.5, 0.6) is 0 Å². The summed E-state index contributed by atoms with van der Waals surface area (Å²) in [6, 6.07) is 0. The first kappa shape index (κ1) is 11.9. The summed E-state index contributed by atoms with van der Waals surface area (Å²) in [6.45, 7) is 9.02. The average Bonchev–Trinajstić information content (AvgIpc) is 2.14. The molecule has 0 saturated heterocycles. The summed E-state index contributed by atoms with van der Waals surface area (Å²) in [6.07, 6.45) is 1.67. The Morgan fingerprint density at radius 3 is 2.23 bits per heavy atom. The first-order chi connectivity index (χ1) is 5.86. The standard InChI is InChI=1S/C10H16O3/c1-6-10(3,4)7(2)8(11)9(12)13-5/h6-7H,1H2,2-5H3. The number of esters is 1. The number of ketones is 1. The van der Waals surface area contributed by atoms with Crippen LogP contribution in [0.15, 0.2) is 12.7 Å². The molecule has 0 N–H and O–H groups in total. The van der Waals surface area contributed by atoms with Gasteiger partial charge in [-0.3, -0.25) is 4.79 Å². The van der Waals surface area contributed by atoms with Gasteiger partial charge in [-0.1, -0.05) is 26.8 Å². The Kier molecular flexibility index (Phi) is 3.85. The molecule has 0 spiro atoms. The molecule has 0 heterocycles. The van der Waals surface area contributed by atoms with Gasteiger partial charge in [-0.15, -0.1) is 6.58 Å². The monoisotopic (exact) mass is 184 g/mol. The van der Waals surface area contributed by atoms with Crippen LogP contribution in [0.3, 0.4) is 0 Å². The zero-order valence-electron chi connectivity index (χ0n) is 8.59. The second-order valence-corrected chi connectivity index (χ2v) is 3.60. The van der Waals surface area contributed by atoms with Crippen LogP contribution in [0.1, 0.15) is 20.8 Å². The second kappa shape index (κ2) is 4.21. The second-order valence-electron chi connectivity index (χ2n) is 3.60. The Bertz CT molecular complexity index is 228. The first-order valence-corrected chi connectivity index (χ1v) is 4.12. The molecule has 0 bridgehead atoms. The van der Waals surface area contributed by atoms with Gasteiger partial charge in [-0.05, 0) is 5.41 Å². The van der Waals surface area contributed by atoms with Crippen LogP contribution >= 0.6 is 0 Å². The maximum Gasteiger partial charge on any atom is 0.374 e. The molecule has 0 aromatic heterocycles. The molecular formula is C10H16O3. The number of carbonyl (C=O) groups excluding carboxylic acids is 2. The minimum absolute atomic E-state index is 0.384. The Hall–Kier alpha value is -1.12. The third-order valence-corrected chi connectivity index (χ3v) is 2.42. The molecular weight excluding hydrogens is 168 g/mol. The fourth-order valence-corrected chi connectivity index (χ4v) is 0.792. The molecule has 3 heteroatoms. The maximum absolute atomic E-state index is 11.4. The molecule has 3 nitrogen and oxygen atoms in total. The Morgan fingerprint density at radius 1 is 1.46 bits per heavy atom. The van der Waals surface area contributed by atoms with E-state index in [1.54, 1.807) is 13.0 Å². The smallest absolute Gasteiger partial charge is 0.374 e. The van der Waals surface area contributed by atoms with Crippen molar-refractivity contribution in [2.45, 2.75) is 20.8 Å². The summed E-state index contributed by atoms with van der Waals surface area (Å²) in [5.41, 5.74) is -0.384. The van der Waals surface area contributed by atoms with Gasteiger partial charge in [0.25, 0.3) is 0 Å². The van der Waals surface area contributed by atoms with Crippen molar-refractivity contribution >= 4 is 11.8 Å². The summed E-state index contributed by atoms with van der Waals surface area (Å²) in [5.74, 6) is -1.70. The van der Waals surface area contributed by atoms with E-state index in [2.05, 4.69) is 11.3 Å². The Balaban J connectivity index is 4.61. The molecule has 1 unspecified atom stereocenters. The molecule has 0 aliphatic rings. The van der Waals surface area contributed by atoms with Crippen molar-refractivity contribution in [3.63, 3.8) is 0 Å². The summed E-state index contributed by atoms with van der Waals surface area (Å²) >= 11 is 0. The molecule has 0 aromatic carbocycles. The van der Waals surface area contributed by atoms with Gasteiger partial charge in [-0.2, -0.15) is 0 Å². The normalized spacial score (nSPS) is 13.2. The lowest BCUT2D eigenvalue weighted by atomic mass is 9.78. The number of allylic oxidation sites excluding steroid dienone is 1. The van der Waals surface area contributed by atoms with Crippen LogP contribution in [0.2, 0.25) is 0 Å².